The fourth-order valence-corrected chi connectivity index (χ4v) is 1.68. The van der Waals surface area contributed by atoms with E-state index in [4.69, 9.17) is 0 Å². The summed E-state index contributed by atoms with van der Waals surface area (Å²) in [6.45, 7) is 1.40. The summed E-state index contributed by atoms with van der Waals surface area (Å²) in [5.41, 5.74) is 0.936. The Kier molecular flexibility index (Phi) is 3.54. The van der Waals surface area contributed by atoms with Gasteiger partial charge in [-0.15, -0.1) is 0 Å². The van der Waals surface area contributed by atoms with Crippen molar-refractivity contribution in [3.63, 3.8) is 0 Å². The zero-order valence-corrected chi connectivity index (χ0v) is 9.02. The molecule has 16 heavy (non-hydrogen) atoms. The molecule has 0 spiro atoms. The van der Waals surface area contributed by atoms with Crippen LogP contribution in [0.4, 0.5) is 0 Å². The van der Waals surface area contributed by atoms with Crippen molar-refractivity contribution in [3.05, 3.63) is 35.9 Å². The van der Waals surface area contributed by atoms with Crippen molar-refractivity contribution >= 4 is 5.91 Å². The molecule has 4 nitrogen and oxygen atoms in total. The molecule has 0 aliphatic carbocycles. The summed E-state index contributed by atoms with van der Waals surface area (Å²) in [6, 6.07) is 9.22. The average Bonchev–Trinajstić information content (AvgIpc) is 2.24. The van der Waals surface area contributed by atoms with Crippen molar-refractivity contribution in [2.45, 2.75) is 6.04 Å². The highest BCUT2D eigenvalue weighted by Gasteiger charge is 2.26. The van der Waals surface area contributed by atoms with E-state index in [0.29, 0.717) is 0 Å². The van der Waals surface area contributed by atoms with Gasteiger partial charge >= 0.3 is 0 Å². The second-order valence-electron chi connectivity index (χ2n) is 4.01. The van der Waals surface area contributed by atoms with Crippen LogP contribution in [0.15, 0.2) is 30.3 Å². The van der Waals surface area contributed by atoms with Crippen molar-refractivity contribution in [1.29, 1.82) is 0 Å². The van der Waals surface area contributed by atoms with Crippen molar-refractivity contribution in [2.75, 3.05) is 19.7 Å². The SMILES string of the molecule is O=C(N[C@H](CO)c1ccccc1)C1CNC1. The van der Waals surface area contributed by atoms with Gasteiger partial charge in [0, 0.05) is 13.1 Å². The number of aliphatic hydroxyl groups is 1. The van der Waals surface area contributed by atoms with Crippen LogP contribution in [-0.2, 0) is 4.79 Å². The van der Waals surface area contributed by atoms with Crippen LogP contribution in [0.3, 0.4) is 0 Å². The Morgan fingerprint density at radius 2 is 2.12 bits per heavy atom. The number of nitrogens with one attached hydrogen (secondary N) is 2. The van der Waals surface area contributed by atoms with E-state index in [9.17, 15) is 9.90 Å². The summed E-state index contributed by atoms with van der Waals surface area (Å²) >= 11 is 0. The van der Waals surface area contributed by atoms with Gasteiger partial charge in [0.05, 0.1) is 18.6 Å². The molecule has 1 amide bonds. The summed E-state index contributed by atoms with van der Waals surface area (Å²) in [5.74, 6) is 0.0689. The van der Waals surface area contributed by atoms with Gasteiger partial charge in [-0.05, 0) is 5.56 Å². The lowest BCUT2D eigenvalue weighted by atomic mass is 10.0. The third-order valence-corrected chi connectivity index (χ3v) is 2.85. The van der Waals surface area contributed by atoms with Crippen LogP contribution in [0.1, 0.15) is 11.6 Å². The molecule has 86 valence electrons. The number of benzene rings is 1. The van der Waals surface area contributed by atoms with Gasteiger partial charge in [0.1, 0.15) is 0 Å². The maximum Gasteiger partial charge on any atom is 0.226 e. The molecule has 0 unspecified atom stereocenters. The Morgan fingerprint density at radius 3 is 2.62 bits per heavy atom. The lowest BCUT2D eigenvalue weighted by molar-refractivity contribution is -0.127. The highest BCUT2D eigenvalue weighted by molar-refractivity contribution is 5.80. The molecular formula is C12H16N2O2. The Bertz CT molecular complexity index is 349. The molecule has 0 radical (unpaired) electrons. The van der Waals surface area contributed by atoms with Crippen molar-refractivity contribution in [2.24, 2.45) is 5.92 Å². The van der Waals surface area contributed by atoms with Gasteiger partial charge in [-0.1, -0.05) is 30.3 Å². The van der Waals surface area contributed by atoms with Crippen LogP contribution < -0.4 is 10.6 Å². The van der Waals surface area contributed by atoms with Gasteiger partial charge in [0.15, 0.2) is 0 Å². The van der Waals surface area contributed by atoms with E-state index < -0.39 is 0 Å². The van der Waals surface area contributed by atoms with E-state index in [1.807, 2.05) is 30.3 Å². The summed E-state index contributed by atoms with van der Waals surface area (Å²) in [6.07, 6.45) is 0. The summed E-state index contributed by atoms with van der Waals surface area (Å²) in [4.78, 5) is 11.7. The maximum absolute atomic E-state index is 11.7. The van der Waals surface area contributed by atoms with Crippen LogP contribution in [-0.4, -0.2) is 30.7 Å². The largest absolute Gasteiger partial charge is 0.394 e. The molecule has 3 N–H and O–H groups in total. The normalized spacial score (nSPS) is 17.6. The molecule has 0 saturated carbocycles. The van der Waals surface area contributed by atoms with Gasteiger partial charge in [-0.2, -0.15) is 0 Å². The Balaban J connectivity index is 1.97. The van der Waals surface area contributed by atoms with Crippen LogP contribution in [0.2, 0.25) is 0 Å². The standard InChI is InChI=1S/C12H16N2O2/c15-8-11(9-4-2-1-3-5-9)14-12(16)10-6-13-7-10/h1-5,10-11,13,15H,6-8H2,(H,14,16)/t11-/m1/s1. The van der Waals surface area contributed by atoms with Crippen LogP contribution >= 0.6 is 0 Å². The lowest BCUT2D eigenvalue weighted by Gasteiger charge is -2.28. The quantitative estimate of drug-likeness (QED) is 0.672. The van der Waals surface area contributed by atoms with Crippen LogP contribution in [0.25, 0.3) is 0 Å². The second kappa shape index (κ2) is 5.09. The van der Waals surface area contributed by atoms with E-state index >= 15 is 0 Å². The third-order valence-electron chi connectivity index (χ3n) is 2.85. The monoisotopic (exact) mass is 220 g/mol. The molecule has 1 aromatic rings. The molecular weight excluding hydrogens is 204 g/mol. The number of rotatable bonds is 4. The molecule has 4 heteroatoms. The topological polar surface area (TPSA) is 61.4 Å². The van der Waals surface area contributed by atoms with Crippen molar-refractivity contribution in [1.82, 2.24) is 10.6 Å². The summed E-state index contributed by atoms with van der Waals surface area (Å²) in [5, 5.41) is 15.2. The number of aliphatic hydroxyl groups excluding tert-OH is 1. The van der Waals surface area contributed by atoms with Crippen molar-refractivity contribution in [3.8, 4) is 0 Å². The average molecular weight is 220 g/mol. The predicted octanol–water partition coefficient (Wildman–Crippen LogP) is 0.0556. The smallest absolute Gasteiger partial charge is 0.226 e. The van der Waals surface area contributed by atoms with Gasteiger partial charge < -0.3 is 15.7 Å². The second-order valence-corrected chi connectivity index (χ2v) is 4.01. The number of carbonyl (C=O) groups is 1. The number of hydrogen-bond donors (Lipinski definition) is 3. The lowest BCUT2D eigenvalue weighted by Crippen LogP contribution is -2.51. The van der Waals surface area contributed by atoms with E-state index in [-0.39, 0.29) is 24.5 Å². The Hall–Kier alpha value is -1.39. The molecule has 2 rings (SSSR count). The maximum atomic E-state index is 11.7. The molecule has 1 aliphatic rings. The van der Waals surface area contributed by atoms with Crippen LogP contribution in [0, 0.1) is 5.92 Å². The minimum atomic E-state index is -0.297. The molecule has 1 atom stereocenters. The first-order valence-corrected chi connectivity index (χ1v) is 5.48. The number of amides is 1. The zero-order chi connectivity index (χ0) is 11.4. The Morgan fingerprint density at radius 1 is 1.44 bits per heavy atom. The predicted molar refractivity (Wildman–Crippen MR) is 60.8 cm³/mol. The van der Waals surface area contributed by atoms with E-state index in [1.54, 1.807) is 0 Å². The van der Waals surface area contributed by atoms with Gasteiger partial charge in [-0.25, -0.2) is 0 Å². The highest BCUT2D eigenvalue weighted by atomic mass is 16.3. The van der Waals surface area contributed by atoms with Crippen molar-refractivity contribution < 1.29 is 9.90 Å². The fraction of sp³-hybridized carbons (Fsp3) is 0.417. The Labute approximate surface area is 94.7 Å². The fourth-order valence-electron chi connectivity index (χ4n) is 1.68. The highest BCUT2D eigenvalue weighted by Crippen LogP contribution is 2.13. The molecule has 1 saturated heterocycles. The number of hydrogen-bond acceptors (Lipinski definition) is 3. The summed E-state index contributed by atoms with van der Waals surface area (Å²) in [7, 11) is 0. The van der Waals surface area contributed by atoms with Gasteiger partial charge in [0.2, 0.25) is 5.91 Å². The molecule has 1 fully saturated rings. The molecule has 1 aliphatic heterocycles. The van der Waals surface area contributed by atoms with Gasteiger partial charge in [-0.3, -0.25) is 4.79 Å². The molecule has 1 heterocycles. The zero-order valence-electron chi connectivity index (χ0n) is 9.02. The van der Waals surface area contributed by atoms with E-state index in [0.717, 1.165) is 18.7 Å². The third kappa shape index (κ3) is 2.40. The number of carbonyl (C=O) groups excluding carboxylic acids is 1. The minimum absolute atomic E-state index is 0.0154. The minimum Gasteiger partial charge on any atom is -0.394 e. The first kappa shape index (κ1) is 11.1. The van der Waals surface area contributed by atoms with E-state index in [2.05, 4.69) is 10.6 Å². The van der Waals surface area contributed by atoms with Gasteiger partial charge in [0.25, 0.3) is 0 Å². The molecule has 0 aromatic heterocycles. The first-order chi connectivity index (χ1) is 7.81. The molecule has 0 bridgehead atoms. The van der Waals surface area contributed by atoms with E-state index in [1.165, 1.54) is 0 Å². The molecule has 1 aromatic carbocycles. The van der Waals surface area contributed by atoms with Crippen LogP contribution in [0.5, 0.6) is 0 Å². The summed E-state index contributed by atoms with van der Waals surface area (Å²) < 4.78 is 0. The first-order valence-electron chi connectivity index (χ1n) is 5.48.